The standard InChI is InChI=1S/C15H26N2O/c1-7-8-18-16-13-9-11-12(14(11,2)3)10-15(13,4)17(5)6/h7,11-12H,1,8-10H2,2-6H3/t11?,12?,15-/m0/s1. The lowest BCUT2D eigenvalue weighted by Crippen LogP contribution is -2.51. The molecule has 0 N–H and O–H groups in total. The number of rotatable bonds is 4. The summed E-state index contributed by atoms with van der Waals surface area (Å²) in [6, 6.07) is 0. The van der Waals surface area contributed by atoms with Gasteiger partial charge in [0.05, 0.1) is 11.3 Å². The van der Waals surface area contributed by atoms with Crippen LogP contribution in [0.25, 0.3) is 0 Å². The summed E-state index contributed by atoms with van der Waals surface area (Å²) < 4.78 is 0. The second-order valence-corrected chi connectivity index (χ2v) is 6.73. The molecule has 3 heteroatoms. The van der Waals surface area contributed by atoms with Crippen LogP contribution in [0, 0.1) is 17.3 Å². The van der Waals surface area contributed by atoms with Crippen molar-refractivity contribution < 1.29 is 4.84 Å². The fourth-order valence-electron chi connectivity index (χ4n) is 3.39. The van der Waals surface area contributed by atoms with Crippen LogP contribution in [-0.2, 0) is 4.84 Å². The molecule has 0 bridgehead atoms. The van der Waals surface area contributed by atoms with E-state index >= 15 is 0 Å². The van der Waals surface area contributed by atoms with E-state index in [0.717, 1.165) is 18.3 Å². The van der Waals surface area contributed by atoms with Crippen molar-refractivity contribution >= 4 is 5.71 Å². The molecule has 2 unspecified atom stereocenters. The molecule has 0 saturated heterocycles. The van der Waals surface area contributed by atoms with Crippen LogP contribution in [0.2, 0.25) is 0 Å². The van der Waals surface area contributed by atoms with Gasteiger partial charge in [-0.1, -0.05) is 31.7 Å². The molecule has 0 spiro atoms. The summed E-state index contributed by atoms with van der Waals surface area (Å²) >= 11 is 0. The smallest absolute Gasteiger partial charge is 0.135 e. The Hall–Kier alpha value is -0.830. The maximum atomic E-state index is 5.35. The van der Waals surface area contributed by atoms with Gasteiger partial charge in [-0.2, -0.15) is 0 Å². The molecule has 3 nitrogen and oxygen atoms in total. The van der Waals surface area contributed by atoms with E-state index in [1.54, 1.807) is 6.08 Å². The summed E-state index contributed by atoms with van der Waals surface area (Å²) in [5.41, 5.74) is 1.71. The van der Waals surface area contributed by atoms with Crippen LogP contribution < -0.4 is 0 Å². The van der Waals surface area contributed by atoms with E-state index in [1.165, 1.54) is 12.1 Å². The number of hydrogen-bond acceptors (Lipinski definition) is 3. The zero-order chi connectivity index (χ0) is 13.6. The van der Waals surface area contributed by atoms with Gasteiger partial charge in [0.1, 0.15) is 6.61 Å². The van der Waals surface area contributed by atoms with Gasteiger partial charge >= 0.3 is 0 Å². The lowest BCUT2D eigenvalue weighted by Gasteiger charge is -2.40. The highest BCUT2D eigenvalue weighted by molar-refractivity contribution is 5.94. The molecule has 2 aliphatic rings. The SMILES string of the molecule is C=CCON=C1CC2C(C[C@]1(C)N(C)C)C2(C)C. The van der Waals surface area contributed by atoms with Gasteiger partial charge in [0.2, 0.25) is 0 Å². The van der Waals surface area contributed by atoms with Gasteiger partial charge in [0.25, 0.3) is 0 Å². The van der Waals surface area contributed by atoms with Crippen molar-refractivity contribution in [2.24, 2.45) is 22.4 Å². The van der Waals surface area contributed by atoms with Crippen molar-refractivity contribution in [2.45, 2.75) is 39.2 Å². The van der Waals surface area contributed by atoms with Crippen LogP contribution in [-0.4, -0.2) is 36.9 Å². The third-order valence-corrected chi connectivity index (χ3v) is 5.29. The zero-order valence-corrected chi connectivity index (χ0v) is 12.4. The molecule has 18 heavy (non-hydrogen) atoms. The second kappa shape index (κ2) is 4.37. The van der Waals surface area contributed by atoms with Crippen molar-refractivity contribution in [3.63, 3.8) is 0 Å². The minimum Gasteiger partial charge on any atom is -0.392 e. The van der Waals surface area contributed by atoms with Crippen LogP contribution in [0.3, 0.4) is 0 Å². The van der Waals surface area contributed by atoms with E-state index in [0.29, 0.717) is 12.0 Å². The quantitative estimate of drug-likeness (QED) is 0.435. The predicted molar refractivity (Wildman–Crippen MR) is 75.7 cm³/mol. The molecule has 0 aromatic rings. The molecule has 0 aromatic heterocycles. The summed E-state index contributed by atoms with van der Waals surface area (Å²) in [6.07, 6.45) is 4.00. The van der Waals surface area contributed by atoms with Gasteiger partial charge in [0, 0.05) is 0 Å². The molecule has 0 aromatic carbocycles. The molecule has 0 aliphatic heterocycles. The molecule has 0 amide bonds. The average molecular weight is 250 g/mol. The average Bonchev–Trinajstić information content (AvgIpc) is 2.80. The third kappa shape index (κ3) is 1.99. The molecule has 3 atom stereocenters. The molecule has 2 aliphatic carbocycles. The first-order chi connectivity index (χ1) is 8.34. The van der Waals surface area contributed by atoms with E-state index in [-0.39, 0.29) is 5.54 Å². The molecule has 2 rings (SSSR count). The van der Waals surface area contributed by atoms with Crippen LogP contribution in [0.4, 0.5) is 0 Å². The van der Waals surface area contributed by atoms with Crippen molar-refractivity contribution in [1.29, 1.82) is 0 Å². The fourth-order valence-corrected chi connectivity index (χ4v) is 3.39. The Labute approximate surface area is 111 Å². The normalized spacial score (nSPS) is 39.6. The summed E-state index contributed by atoms with van der Waals surface area (Å²) in [5, 5.41) is 4.39. The first-order valence-electron chi connectivity index (χ1n) is 6.81. The highest BCUT2D eigenvalue weighted by atomic mass is 16.6. The number of fused-ring (bicyclic) bond motifs is 1. The molecule has 0 radical (unpaired) electrons. The number of nitrogens with zero attached hydrogens (tertiary/aromatic N) is 2. The molecule has 102 valence electrons. The minimum atomic E-state index is 0.0378. The van der Waals surface area contributed by atoms with Crippen LogP contribution in [0.5, 0.6) is 0 Å². The topological polar surface area (TPSA) is 24.8 Å². The number of oxime groups is 1. The highest BCUT2D eigenvalue weighted by Crippen LogP contribution is 2.66. The van der Waals surface area contributed by atoms with Gasteiger partial charge in [-0.15, -0.1) is 0 Å². The van der Waals surface area contributed by atoms with Crippen LogP contribution >= 0.6 is 0 Å². The maximum Gasteiger partial charge on any atom is 0.135 e. The number of hydrogen-bond donors (Lipinski definition) is 0. The molecular formula is C15H26N2O. The molecule has 2 saturated carbocycles. The van der Waals surface area contributed by atoms with Gasteiger partial charge < -0.3 is 4.84 Å². The van der Waals surface area contributed by atoms with Crippen molar-refractivity contribution in [3.8, 4) is 0 Å². The Morgan fingerprint density at radius 2 is 2.06 bits per heavy atom. The van der Waals surface area contributed by atoms with Crippen molar-refractivity contribution in [2.75, 3.05) is 20.7 Å². The summed E-state index contributed by atoms with van der Waals surface area (Å²) in [7, 11) is 4.28. The van der Waals surface area contributed by atoms with Crippen molar-refractivity contribution in [1.82, 2.24) is 4.90 Å². The Morgan fingerprint density at radius 3 is 2.61 bits per heavy atom. The fraction of sp³-hybridized carbons (Fsp3) is 0.800. The van der Waals surface area contributed by atoms with E-state index in [2.05, 4.69) is 51.5 Å². The third-order valence-electron chi connectivity index (χ3n) is 5.29. The van der Waals surface area contributed by atoms with Crippen molar-refractivity contribution in [3.05, 3.63) is 12.7 Å². The van der Waals surface area contributed by atoms with Gasteiger partial charge in [0.15, 0.2) is 0 Å². The summed E-state index contributed by atoms with van der Waals surface area (Å²) in [4.78, 5) is 7.63. The van der Waals surface area contributed by atoms with E-state index in [9.17, 15) is 0 Å². The first kappa shape index (κ1) is 13.6. The molecular weight excluding hydrogens is 224 g/mol. The lowest BCUT2D eigenvalue weighted by atomic mass is 9.80. The van der Waals surface area contributed by atoms with E-state index in [4.69, 9.17) is 4.84 Å². The van der Waals surface area contributed by atoms with E-state index in [1.807, 2.05) is 0 Å². The van der Waals surface area contributed by atoms with E-state index < -0.39 is 0 Å². The largest absolute Gasteiger partial charge is 0.392 e. The predicted octanol–water partition coefficient (Wildman–Crippen LogP) is 2.93. The lowest BCUT2D eigenvalue weighted by molar-refractivity contribution is 0.153. The maximum absolute atomic E-state index is 5.35. The second-order valence-electron chi connectivity index (χ2n) is 6.73. The minimum absolute atomic E-state index is 0.0378. The van der Waals surface area contributed by atoms with Gasteiger partial charge in [-0.3, -0.25) is 4.90 Å². The first-order valence-corrected chi connectivity index (χ1v) is 6.81. The highest BCUT2D eigenvalue weighted by Gasteiger charge is 2.63. The zero-order valence-electron chi connectivity index (χ0n) is 12.4. The Morgan fingerprint density at radius 1 is 1.39 bits per heavy atom. The van der Waals surface area contributed by atoms with Gasteiger partial charge in [-0.25, -0.2) is 0 Å². The Kier molecular flexibility index (Phi) is 3.30. The Bertz CT molecular complexity index is 373. The van der Waals surface area contributed by atoms with Crippen LogP contribution in [0.1, 0.15) is 33.6 Å². The summed E-state index contributed by atoms with van der Waals surface area (Å²) in [5.74, 6) is 1.62. The Balaban J connectivity index is 2.19. The monoisotopic (exact) mass is 250 g/mol. The molecule has 2 fully saturated rings. The molecule has 0 heterocycles. The van der Waals surface area contributed by atoms with Crippen LogP contribution in [0.15, 0.2) is 17.8 Å². The summed E-state index contributed by atoms with van der Waals surface area (Å²) in [6.45, 7) is 11.2. The van der Waals surface area contributed by atoms with Gasteiger partial charge in [-0.05, 0) is 51.1 Å².